The molecule has 0 bridgehead atoms. The number of nitrogens with one attached hydrogen (secondary N) is 1. The number of rotatable bonds is 7. The fraction of sp³-hybridized carbons (Fsp3) is 0.381. The van der Waals surface area contributed by atoms with Gasteiger partial charge in [0.25, 0.3) is 0 Å². The van der Waals surface area contributed by atoms with E-state index in [2.05, 4.69) is 72.7 Å². The molecular weight excluding hydrogens is 338 g/mol. The first-order valence-electron chi connectivity index (χ1n) is 9.24. The first-order valence-corrected chi connectivity index (χ1v) is 9.24. The first kappa shape index (κ1) is 19.0. The number of benzene rings is 2. The number of aromatic nitrogens is 4. The lowest BCUT2D eigenvalue weighted by molar-refractivity contribution is -0.941. The summed E-state index contributed by atoms with van der Waals surface area (Å²) in [6.07, 6.45) is 0. The number of tetrazole rings is 1. The van der Waals surface area contributed by atoms with Crippen molar-refractivity contribution in [2.24, 2.45) is 0 Å². The Kier molecular flexibility index (Phi) is 5.86. The number of quaternary nitrogens is 1. The van der Waals surface area contributed by atoms with E-state index in [-0.39, 0.29) is 5.54 Å². The Balaban J connectivity index is 1.82. The molecule has 1 atom stereocenters. The van der Waals surface area contributed by atoms with Gasteiger partial charge in [0.15, 0.2) is 0 Å². The summed E-state index contributed by atoms with van der Waals surface area (Å²) in [5, 5.41) is 12.4. The van der Waals surface area contributed by atoms with Crippen LogP contribution in [0.5, 0.6) is 5.75 Å². The Hall–Kier alpha value is -2.73. The maximum atomic E-state index is 5.27. The zero-order valence-corrected chi connectivity index (χ0v) is 16.5. The van der Waals surface area contributed by atoms with Gasteiger partial charge in [-0.1, -0.05) is 30.3 Å². The summed E-state index contributed by atoms with van der Waals surface area (Å²) in [6.45, 7) is 8.90. The molecule has 6 heteroatoms. The van der Waals surface area contributed by atoms with Crippen molar-refractivity contribution in [3.63, 3.8) is 0 Å². The minimum Gasteiger partial charge on any atom is -0.497 e. The topological polar surface area (TPSA) is 57.3 Å². The maximum Gasteiger partial charge on any atom is 0.206 e. The van der Waals surface area contributed by atoms with Crippen LogP contribution >= 0.6 is 0 Å². The average Bonchev–Trinajstić information content (AvgIpc) is 3.12. The van der Waals surface area contributed by atoms with Crippen molar-refractivity contribution in [3.8, 4) is 5.75 Å². The Bertz CT molecular complexity index is 837. The Labute approximate surface area is 160 Å². The largest absolute Gasteiger partial charge is 0.497 e. The monoisotopic (exact) mass is 366 g/mol. The Morgan fingerprint density at radius 2 is 1.52 bits per heavy atom. The van der Waals surface area contributed by atoms with Crippen LogP contribution in [0.15, 0.2) is 54.6 Å². The minimum atomic E-state index is -0.142. The number of methoxy groups -OCH3 is 1. The molecule has 0 amide bonds. The molecule has 0 fully saturated rings. The molecule has 0 radical (unpaired) electrons. The minimum absolute atomic E-state index is 0.142. The second-order valence-electron chi connectivity index (χ2n) is 7.79. The van der Waals surface area contributed by atoms with Crippen molar-refractivity contribution in [2.45, 2.75) is 45.9 Å². The predicted molar refractivity (Wildman–Crippen MR) is 104 cm³/mol. The van der Waals surface area contributed by atoms with Gasteiger partial charge in [0.1, 0.15) is 25.4 Å². The molecule has 27 heavy (non-hydrogen) atoms. The molecule has 0 aliphatic rings. The highest BCUT2D eigenvalue weighted by Crippen LogP contribution is 2.13. The molecule has 0 saturated carbocycles. The summed E-state index contributed by atoms with van der Waals surface area (Å²) in [7, 11) is 1.69. The first-order chi connectivity index (χ1) is 13.0. The maximum absolute atomic E-state index is 5.27. The van der Waals surface area contributed by atoms with Gasteiger partial charge in [0, 0.05) is 11.1 Å². The molecule has 0 aliphatic carbocycles. The van der Waals surface area contributed by atoms with E-state index in [9.17, 15) is 0 Å². The van der Waals surface area contributed by atoms with E-state index in [4.69, 9.17) is 4.74 Å². The van der Waals surface area contributed by atoms with E-state index in [0.29, 0.717) is 0 Å². The third-order valence-corrected chi connectivity index (χ3v) is 4.49. The second kappa shape index (κ2) is 8.31. The molecule has 6 nitrogen and oxygen atoms in total. The molecule has 142 valence electrons. The van der Waals surface area contributed by atoms with Crippen LogP contribution in [0.1, 0.15) is 37.7 Å². The van der Waals surface area contributed by atoms with Crippen LogP contribution in [0.25, 0.3) is 0 Å². The van der Waals surface area contributed by atoms with Gasteiger partial charge >= 0.3 is 0 Å². The highest BCUT2D eigenvalue weighted by molar-refractivity contribution is 5.26. The summed E-state index contributed by atoms with van der Waals surface area (Å²) >= 11 is 0. The highest BCUT2D eigenvalue weighted by atomic mass is 16.5. The van der Waals surface area contributed by atoms with Gasteiger partial charge in [-0.15, -0.1) is 5.10 Å². The summed E-state index contributed by atoms with van der Waals surface area (Å²) in [5.41, 5.74) is 2.42. The van der Waals surface area contributed by atoms with Crippen molar-refractivity contribution in [3.05, 3.63) is 71.5 Å². The Morgan fingerprint density at radius 1 is 0.889 bits per heavy atom. The third kappa shape index (κ3) is 5.14. The second-order valence-corrected chi connectivity index (χ2v) is 7.79. The molecule has 1 heterocycles. The van der Waals surface area contributed by atoms with Crippen LogP contribution in [-0.2, 0) is 25.2 Å². The normalized spacial score (nSPS) is 12.7. The fourth-order valence-electron chi connectivity index (χ4n) is 3.16. The molecule has 2 aromatic carbocycles. The number of nitrogens with zero attached hydrogens (tertiary/aromatic N) is 4. The third-order valence-electron chi connectivity index (χ3n) is 4.49. The number of ether oxygens (including phenoxy) is 1. The summed E-state index contributed by atoms with van der Waals surface area (Å²) < 4.78 is 7.19. The molecule has 0 spiro atoms. The van der Waals surface area contributed by atoms with Gasteiger partial charge in [0.05, 0.1) is 12.6 Å². The lowest BCUT2D eigenvalue weighted by Gasteiger charge is -2.23. The molecule has 3 aromatic rings. The SMILES string of the molecule is COc1ccc(C[NH+](Cc2ccccc2)Cc2nnnn2C(C)(C)C)cc1. The molecular formula is C21H28N5O+. The lowest BCUT2D eigenvalue weighted by Crippen LogP contribution is -3.08. The predicted octanol–water partition coefficient (Wildman–Crippen LogP) is 2.22. The van der Waals surface area contributed by atoms with Gasteiger partial charge in [-0.2, -0.15) is 0 Å². The van der Waals surface area contributed by atoms with E-state index in [1.165, 1.54) is 16.0 Å². The van der Waals surface area contributed by atoms with Crippen LogP contribution < -0.4 is 9.64 Å². The zero-order valence-electron chi connectivity index (χ0n) is 16.5. The van der Waals surface area contributed by atoms with E-state index in [0.717, 1.165) is 31.2 Å². The van der Waals surface area contributed by atoms with Crippen LogP contribution in [0.4, 0.5) is 0 Å². The summed E-state index contributed by atoms with van der Waals surface area (Å²) in [6, 6.07) is 18.8. The van der Waals surface area contributed by atoms with Crippen molar-refractivity contribution >= 4 is 0 Å². The van der Waals surface area contributed by atoms with Crippen LogP contribution in [0.2, 0.25) is 0 Å². The van der Waals surface area contributed by atoms with Gasteiger partial charge in [-0.25, -0.2) is 4.68 Å². The molecule has 3 rings (SSSR count). The molecule has 1 unspecified atom stereocenters. The van der Waals surface area contributed by atoms with Crippen molar-refractivity contribution < 1.29 is 9.64 Å². The van der Waals surface area contributed by atoms with E-state index >= 15 is 0 Å². The fourth-order valence-corrected chi connectivity index (χ4v) is 3.16. The smallest absolute Gasteiger partial charge is 0.206 e. The summed E-state index contributed by atoms with van der Waals surface area (Å²) in [4.78, 5) is 1.38. The van der Waals surface area contributed by atoms with Gasteiger partial charge in [-0.05, 0) is 55.5 Å². The standard InChI is InChI=1S/C21H27N5O/c1-21(2,3)26-20(22-23-24-26)16-25(14-17-8-6-5-7-9-17)15-18-10-12-19(27-4)13-11-18/h5-13H,14-16H2,1-4H3/p+1. The molecule has 1 N–H and O–H groups in total. The average molecular weight is 366 g/mol. The van der Waals surface area contributed by atoms with Crippen LogP contribution in [-0.4, -0.2) is 27.3 Å². The van der Waals surface area contributed by atoms with Gasteiger partial charge in [0.2, 0.25) is 5.82 Å². The van der Waals surface area contributed by atoms with Gasteiger partial charge < -0.3 is 9.64 Å². The van der Waals surface area contributed by atoms with Crippen LogP contribution in [0.3, 0.4) is 0 Å². The van der Waals surface area contributed by atoms with E-state index < -0.39 is 0 Å². The molecule has 0 aliphatic heterocycles. The number of hydrogen-bond acceptors (Lipinski definition) is 4. The summed E-state index contributed by atoms with van der Waals surface area (Å²) in [5.74, 6) is 1.78. The quantitative estimate of drug-likeness (QED) is 0.697. The molecule has 0 saturated heterocycles. The van der Waals surface area contributed by atoms with Crippen LogP contribution in [0, 0.1) is 0 Å². The van der Waals surface area contributed by atoms with Gasteiger partial charge in [-0.3, -0.25) is 0 Å². The lowest BCUT2D eigenvalue weighted by atomic mass is 10.1. The van der Waals surface area contributed by atoms with Crippen molar-refractivity contribution in [2.75, 3.05) is 7.11 Å². The zero-order chi connectivity index (χ0) is 19.3. The van der Waals surface area contributed by atoms with E-state index in [1.54, 1.807) is 7.11 Å². The Morgan fingerprint density at radius 3 is 2.11 bits per heavy atom. The van der Waals surface area contributed by atoms with Crippen molar-refractivity contribution in [1.82, 2.24) is 20.2 Å². The van der Waals surface area contributed by atoms with E-state index in [1.807, 2.05) is 22.9 Å². The van der Waals surface area contributed by atoms with Crippen molar-refractivity contribution in [1.29, 1.82) is 0 Å². The number of hydrogen-bond donors (Lipinski definition) is 1. The molecule has 1 aromatic heterocycles. The highest BCUT2D eigenvalue weighted by Gasteiger charge is 2.23.